The lowest BCUT2D eigenvalue weighted by atomic mass is 10.2. The third kappa shape index (κ3) is 6.25. The van der Waals surface area contributed by atoms with Gasteiger partial charge in [-0.1, -0.05) is 12.1 Å². The Balaban J connectivity index is 2.10. The summed E-state index contributed by atoms with van der Waals surface area (Å²) in [6.45, 7) is 7.04. The van der Waals surface area contributed by atoms with Crippen LogP contribution in [0.15, 0.2) is 24.3 Å². The predicted molar refractivity (Wildman–Crippen MR) is 70.8 cm³/mol. The van der Waals surface area contributed by atoms with Crippen LogP contribution in [-0.4, -0.2) is 31.8 Å². The van der Waals surface area contributed by atoms with E-state index in [-0.39, 0.29) is 18.6 Å². The van der Waals surface area contributed by atoms with Crippen LogP contribution in [0.4, 0.5) is 0 Å². The van der Waals surface area contributed by atoms with Gasteiger partial charge in [-0.25, -0.2) is 0 Å². The molecule has 0 unspecified atom stereocenters. The molecule has 4 nitrogen and oxygen atoms in total. The largest absolute Gasteiger partial charge is 0.492 e. The number of rotatable bonds is 7. The summed E-state index contributed by atoms with van der Waals surface area (Å²) < 4.78 is 10.5. The van der Waals surface area contributed by atoms with Crippen molar-refractivity contribution < 1.29 is 14.3 Å². The molecule has 0 aromatic heterocycles. The smallest absolute Gasteiger partial charge is 0.320 e. The highest BCUT2D eigenvalue weighted by Crippen LogP contribution is 2.11. The average Bonchev–Trinajstić information content (AvgIpc) is 2.27. The molecule has 1 aromatic carbocycles. The van der Waals surface area contributed by atoms with Crippen LogP contribution in [-0.2, 0) is 9.53 Å². The molecule has 0 saturated heterocycles. The number of esters is 1. The van der Waals surface area contributed by atoms with E-state index in [4.69, 9.17) is 9.47 Å². The number of hydrogen-bond donors (Lipinski definition) is 1. The van der Waals surface area contributed by atoms with Crippen molar-refractivity contribution >= 4 is 5.97 Å². The molecule has 1 rings (SSSR count). The van der Waals surface area contributed by atoms with E-state index in [1.54, 1.807) is 0 Å². The van der Waals surface area contributed by atoms with Gasteiger partial charge in [-0.3, -0.25) is 4.79 Å². The Morgan fingerprint density at radius 1 is 1.39 bits per heavy atom. The molecule has 0 heterocycles. The second-order valence-corrected chi connectivity index (χ2v) is 4.38. The highest BCUT2D eigenvalue weighted by molar-refractivity contribution is 5.71. The zero-order chi connectivity index (χ0) is 13.4. The number of nitrogens with one attached hydrogen (secondary N) is 1. The Morgan fingerprint density at radius 3 is 2.83 bits per heavy atom. The lowest BCUT2D eigenvalue weighted by molar-refractivity contribution is -0.146. The van der Waals surface area contributed by atoms with Crippen LogP contribution < -0.4 is 10.1 Å². The van der Waals surface area contributed by atoms with Crippen LogP contribution in [0.2, 0.25) is 0 Å². The van der Waals surface area contributed by atoms with Crippen LogP contribution in [0, 0.1) is 6.92 Å². The van der Waals surface area contributed by atoms with E-state index >= 15 is 0 Å². The average molecular weight is 251 g/mol. The summed E-state index contributed by atoms with van der Waals surface area (Å²) in [6, 6.07) is 7.87. The quantitative estimate of drug-likeness (QED) is 0.594. The van der Waals surface area contributed by atoms with Crippen molar-refractivity contribution in [1.82, 2.24) is 5.32 Å². The van der Waals surface area contributed by atoms with Gasteiger partial charge >= 0.3 is 5.97 Å². The van der Waals surface area contributed by atoms with Gasteiger partial charge in [0.25, 0.3) is 0 Å². The van der Waals surface area contributed by atoms with Crippen molar-refractivity contribution in [3.63, 3.8) is 0 Å². The van der Waals surface area contributed by atoms with E-state index in [2.05, 4.69) is 5.32 Å². The zero-order valence-corrected chi connectivity index (χ0v) is 11.2. The number of hydrogen-bond acceptors (Lipinski definition) is 4. The van der Waals surface area contributed by atoms with Crippen molar-refractivity contribution in [3.05, 3.63) is 29.8 Å². The fraction of sp³-hybridized carbons (Fsp3) is 0.500. The number of benzene rings is 1. The van der Waals surface area contributed by atoms with Gasteiger partial charge in [-0.05, 0) is 38.5 Å². The van der Waals surface area contributed by atoms with Crippen LogP contribution in [0.5, 0.6) is 5.75 Å². The maximum Gasteiger partial charge on any atom is 0.320 e. The van der Waals surface area contributed by atoms with Gasteiger partial charge < -0.3 is 14.8 Å². The van der Waals surface area contributed by atoms with Gasteiger partial charge in [0, 0.05) is 6.54 Å². The molecular weight excluding hydrogens is 230 g/mol. The first-order valence-corrected chi connectivity index (χ1v) is 6.17. The molecule has 1 aromatic rings. The van der Waals surface area contributed by atoms with Crippen LogP contribution in [0.1, 0.15) is 19.4 Å². The first kappa shape index (κ1) is 14.5. The molecule has 0 atom stereocenters. The summed E-state index contributed by atoms with van der Waals surface area (Å²) in [5.41, 5.74) is 1.17. The molecule has 0 amide bonds. The highest BCUT2D eigenvalue weighted by atomic mass is 16.5. The van der Waals surface area contributed by atoms with E-state index in [0.29, 0.717) is 13.2 Å². The molecule has 0 spiro atoms. The molecule has 0 fully saturated rings. The van der Waals surface area contributed by atoms with Gasteiger partial charge in [0.05, 0.1) is 12.6 Å². The monoisotopic (exact) mass is 251 g/mol. The normalized spacial score (nSPS) is 10.4. The Hall–Kier alpha value is -1.55. The molecule has 0 saturated carbocycles. The molecule has 1 N–H and O–H groups in total. The summed E-state index contributed by atoms with van der Waals surface area (Å²) in [4.78, 5) is 11.2. The van der Waals surface area contributed by atoms with Gasteiger partial charge in [0.2, 0.25) is 0 Å². The Kier molecular flexibility index (Phi) is 6.22. The first-order valence-electron chi connectivity index (χ1n) is 6.17. The summed E-state index contributed by atoms with van der Waals surface area (Å²) >= 11 is 0. The molecular formula is C14H21NO3. The van der Waals surface area contributed by atoms with E-state index in [0.717, 1.165) is 5.75 Å². The maximum atomic E-state index is 11.2. The number of ether oxygens (including phenoxy) is 2. The Morgan fingerprint density at radius 2 is 2.17 bits per heavy atom. The predicted octanol–water partition coefficient (Wildman–Crippen LogP) is 1.92. The minimum atomic E-state index is -0.236. The third-order valence-electron chi connectivity index (χ3n) is 2.17. The van der Waals surface area contributed by atoms with Gasteiger partial charge in [-0.2, -0.15) is 0 Å². The summed E-state index contributed by atoms with van der Waals surface area (Å²) in [6.07, 6.45) is -0.0668. The fourth-order valence-corrected chi connectivity index (χ4v) is 1.44. The van der Waals surface area contributed by atoms with Gasteiger partial charge in [0.1, 0.15) is 12.4 Å². The van der Waals surface area contributed by atoms with Crippen molar-refractivity contribution in [2.24, 2.45) is 0 Å². The summed E-state index contributed by atoms with van der Waals surface area (Å²) in [5.74, 6) is 0.613. The molecule has 18 heavy (non-hydrogen) atoms. The molecule has 0 aliphatic carbocycles. The lowest BCUT2D eigenvalue weighted by Gasteiger charge is -2.09. The summed E-state index contributed by atoms with van der Waals surface area (Å²) in [5, 5.41) is 2.98. The first-order chi connectivity index (χ1) is 8.58. The maximum absolute atomic E-state index is 11.2. The Labute approximate surface area is 108 Å². The van der Waals surface area contributed by atoms with Crippen LogP contribution in [0.25, 0.3) is 0 Å². The molecule has 0 radical (unpaired) electrons. The highest BCUT2D eigenvalue weighted by Gasteiger charge is 2.03. The van der Waals surface area contributed by atoms with E-state index in [9.17, 15) is 4.79 Å². The van der Waals surface area contributed by atoms with Crippen LogP contribution >= 0.6 is 0 Å². The standard InChI is InChI=1S/C14H21NO3/c1-11(2)18-14(16)10-15-7-8-17-13-6-4-5-12(3)9-13/h4-6,9,11,15H,7-8,10H2,1-3H3. The van der Waals surface area contributed by atoms with Crippen LogP contribution in [0.3, 0.4) is 0 Å². The minimum Gasteiger partial charge on any atom is -0.492 e. The summed E-state index contributed by atoms with van der Waals surface area (Å²) in [7, 11) is 0. The number of aryl methyl sites for hydroxylation is 1. The molecule has 4 heteroatoms. The van der Waals surface area contributed by atoms with E-state index < -0.39 is 0 Å². The van der Waals surface area contributed by atoms with Gasteiger partial charge in [-0.15, -0.1) is 0 Å². The second kappa shape index (κ2) is 7.71. The SMILES string of the molecule is Cc1cccc(OCCNCC(=O)OC(C)C)c1. The van der Waals surface area contributed by atoms with Gasteiger partial charge in [0.15, 0.2) is 0 Å². The van der Waals surface area contributed by atoms with E-state index in [1.165, 1.54) is 5.56 Å². The molecule has 100 valence electrons. The number of carbonyl (C=O) groups is 1. The Bertz CT molecular complexity index is 377. The molecule has 0 aliphatic rings. The molecule has 0 bridgehead atoms. The fourth-order valence-electron chi connectivity index (χ4n) is 1.44. The molecule has 0 aliphatic heterocycles. The lowest BCUT2D eigenvalue weighted by Crippen LogP contribution is -2.29. The van der Waals surface area contributed by atoms with Crippen molar-refractivity contribution in [2.75, 3.05) is 19.7 Å². The minimum absolute atomic E-state index is 0.0668. The van der Waals surface area contributed by atoms with Crippen molar-refractivity contribution in [2.45, 2.75) is 26.9 Å². The third-order valence-corrected chi connectivity index (χ3v) is 2.17. The topological polar surface area (TPSA) is 47.6 Å². The van der Waals surface area contributed by atoms with Crippen molar-refractivity contribution in [1.29, 1.82) is 0 Å². The number of carbonyl (C=O) groups excluding carboxylic acids is 1. The van der Waals surface area contributed by atoms with E-state index in [1.807, 2.05) is 45.0 Å². The zero-order valence-electron chi connectivity index (χ0n) is 11.2. The van der Waals surface area contributed by atoms with Crippen molar-refractivity contribution in [3.8, 4) is 5.75 Å². The second-order valence-electron chi connectivity index (χ2n) is 4.38.